The molecule has 0 radical (unpaired) electrons. The van der Waals surface area contributed by atoms with Crippen molar-refractivity contribution in [3.05, 3.63) is 69.3 Å². The number of nitrogens with zero attached hydrogens (tertiary/aromatic N) is 1. The number of methoxy groups -OCH3 is 1. The number of anilines is 1. The van der Waals surface area contributed by atoms with Crippen LogP contribution in [0.2, 0.25) is 0 Å². The predicted molar refractivity (Wildman–Crippen MR) is 101 cm³/mol. The summed E-state index contributed by atoms with van der Waals surface area (Å²) < 4.78 is 11.7. The number of carbonyl (C=O) groups is 1. The number of fused-ring (bicyclic) bond motifs is 1. The SMILES string of the molecule is COc1ccc2c(c1)N(CCO)C1=C(C(=O)OC1)C2c1cccc(Br)c1. The van der Waals surface area contributed by atoms with Crippen molar-refractivity contribution in [1.29, 1.82) is 0 Å². The van der Waals surface area contributed by atoms with Crippen molar-refractivity contribution in [3.63, 3.8) is 0 Å². The first-order valence-electron chi connectivity index (χ1n) is 8.36. The number of rotatable bonds is 4. The van der Waals surface area contributed by atoms with E-state index in [2.05, 4.69) is 15.9 Å². The molecule has 5 nitrogen and oxygen atoms in total. The first-order valence-corrected chi connectivity index (χ1v) is 9.15. The number of aliphatic hydroxyl groups is 1. The Kier molecular flexibility index (Phi) is 4.46. The fourth-order valence-electron chi connectivity index (χ4n) is 3.73. The quantitative estimate of drug-likeness (QED) is 0.776. The number of cyclic esters (lactones) is 1. The van der Waals surface area contributed by atoms with Crippen LogP contribution in [-0.2, 0) is 9.53 Å². The van der Waals surface area contributed by atoms with Gasteiger partial charge >= 0.3 is 5.97 Å². The third kappa shape index (κ3) is 2.70. The van der Waals surface area contributed by atoms with Gasteiger partial charge in [0.25, 0.3) is 0 Å². The Hall–Kier alpha value is -2.31. The van der Waals surface area contributed by atoms with Gasteiger partial charge in [-0.2, -0.15) is 0 Å². The molecule has 0 amide bonds. The van der Waals surface area contributed by atoms with E-state index in [-0.39, 0.29) is 25.1 Å². The smallest absolute Gasteiger partial charge is 0.337 e. The second-order valence-electron chi connectivity index (χ2n) is 6.22. The first-order chi connectivity index (χ1) is 12.6. The summed E-state index contributed by atoms with van der Waals surface area (Å²) in [7, 11) is 1.62. The number of benzene rings is 2. The number of β-amino-alcohol motifs (C(OH)–C–C–N with tert-alkyl or cyclic N) is 1. The van der Waals surface area contributed by atoms with Crippen molar-refractivity contribution < 1.29 is 19.4 Å². The minimum absolute atomic E-state index is 0.0246. The van der Waals surface area contributed by atoms with Gasteiger partial charge in [-0.3, -0.25) is 0 Å². The average Bonchev–Trinajstić information content (AvgIpc) is 3.03. The lowest BCUT2D eigenvalue weighted by Gasteiger charge is -2.35. The van der Waals surface area contributed by atoms with Crippen molar-refractivity contribution in [2.75, 3.05) is 31.8 Å². The van der Waals surface area contributed by atoms with Crippen molar-refractivity contribution in [2.24, 2.45) is 0 Å². The molecule has 0 saturated carbocycles. The molecule has 1 N–H and O–H groups in total. The lowest BCUT2D eigenvalue weighted by molar-refractivity contribution is -0.136. The van der Waals surface area contributed by atoms with Crippen LogP contribution in [0.3, 0.4) is 0 Å². The second kappa shape index (κ2) is 6.78. The largest absolute Gasteiger partial charge is 0.497 e. The molecule has 0 saturated heterocycles. The summed E-state index contributed by atoms with van der Waals surface area (Å²) in [5, 5.41) is 9.55. The average molecular weight is 416 g/mol. The molecule has 6 heteroatoms. The molecule has 2 aromatic rings. The standard InChI is InChI=1S/C20H18BrNO4/c1-25-14-5-6-15-16(10-14)22(7-8-23)17-11-26-20(24)19(17)18(15)12-3-2-4-13(21)9-12/h2-6,9-10,18,23H,7-8,11H2,1H3. The van der Waals surface area contributed by atoms with Crippen LogP contribution in [0.15, 0.2) is 58.2 Å². The number of carbonyl (C=O) groups excluding carboxylic acids is 1. The molecule has 0 spiro atoms. The van der Waals surface area contributed by atoms with E-state index in [1.165, 1.54) is 0 Å². The highest BCUT2D eigenvalue weighted by Crippen LogP contribution is 2.48. The second-order valence-corrected chi connectivity index (χ2v) is 7.14. The van der Waals surface area contributed by atoms with Crippen LogP contribution in [0.5, 0.6) is 5.75 Å². The van der Waals surface area contributed by atoms with Gasteiger partial charge in [-0.05, 0) is 29.3 Å². The molecule has 4 rings (SSSR count). The van der Waals surface area contributed by atoms with E-state index >= 15 is 0 Å². The van der Waals surface area contributed by atoms with Crippen molar-refractivity contribution in [1.82, 2.24) is 0 Å². The molecule has 0 aromatic heterocycles. The lowest BCUT2D eigenvalue weighted by atomic mass is 9.80. The monoisotopic (exact) mass is 415 g/mol. The summed E-state index contributed by atoms with van der Waals surface area (Å²) in [6.45, 7) is 0.583. The van der Waals surface area contributed by atoms with Crippen LogP contribution < -0.4 is 9.64 Å². The maximum absolute atomic E-state index is 12.6. The Morgan fingerprint density at radius 3 is 2.88 bits per heavy atom. The molecular weight excluding hydrogens is 398 g/mol. The molecule has 26 heavy (non-hydrogen) atoms. The van der Waals surface area contributed by atoms with Crippen LogP contribution in [-0.4, -0.2) is 37.9 Å². The Morgan fingerprint density at radius 1 is 1.31 bits per heavy atom. The molecule has 2 aliphatic rings. The molecule has 0 fully saturated rings. The minimum atomic E-state index is -0.297. The fraction of sp³-hybridized carbons (Fsp3) is 0.250. The Bertz CT molecular complexity index is 908. The van der Waals surface area contributed by atoms with Crippen LogP contribution in [0.4, 0.5) is 5.69 Å². The number of aliphatic hydroxyl groups excluding tert-OH is 1. The van der Waals surface area contributed by atoms with Crippen LogP contribution in [0.25, 0.3) is 0 Å². The topological polar surface area (TPSA) is 59.0 Å². The van der Waals surface area contributed by atoms with E-state index < -0.39 is 0 Å². The van der Waals surface area contributed by atoms with Gasteiger partial charge < -0.3 is 19.5 Å². The Labute approximate surface area is 160 Å². The van der Waals surface area contributed by atoms with Crippen molar-refractivity contribution in [2.45, 2.75) is 5.92 Å². The zero-order chi connectivity index (χ0) is 18.3. The van der Waals surface area contributed by atoms with E-state index in [4.69, 9.17) is 9.47 Å². The molecule has 0 aliphatic carbocycles. The molecule has 2 aromatic carbocycles. The molecule has 134 valence electrons. The normalized spacial score (nSPS) is 18.5. The van der Waals surface area contributed by atoms with E-state index in [9.17, 15) is 9.90 Å². The van der Waals surface area contributed by atoms with Crippen molar-refractivity contribution >= 4 is 27.6 Å². The summed E-state index contributed by atoms with van der Waals surface area (Å²) in [4.78, 5) is 14.5. The first kappa shape index (κ1) is 17.1. The number of hydrogen-bond acceptors (Lipinski definition) is 5. The van der Waals surface area contributed by atoms with Crippen LogP contribution in [0.1, 0.15) is 17.0 Å². The summed E-state index contributed by atoms with van der Waals surface area (Å²) in [6.07, 6.45) is 0. The lowest BCUT2D eigenvalue weighted by Crippen LogP contribution is -2.33. The summed E-state index contributed by atoms with van der Waals surface area (Å²) in [5.41, 5.74) is 4.40. The van der Waals surface area contributed by atoms with E-state index in [1.807, 2.05) is 47.4 Å². The zero-order valence-corrected chi connectivity index (χ0v) is 15.8. The van der Waals surface area contributed by atoms with Gasteiger partial charge in [0, 0.05) is 28.7 Å². The van der Waals surface area contributed by atoms with Gasteiger partial charge in [0.05, 0.1) is 25.0 Å². The van der Waals surface area contributed by atoms with Gasteiger partial charge in [-0.1, -0.05) is 34.1 Å². The maximum atomic E-state index is 12.6. The molecule has 1 atom stereocenters. The Balaban J connectivity index is 1.96. The molecule has 2 aliphatic heterocycles. The summed E-state index contributed by atoms with van der Waals surface area (Å²) in [5.74, 6) is 0.219. The minimum Gasteiger partial charge on any atom is -0.497 e. The molecular formula is C20H18BrNO4. The van der Waals surface area contributed by atoms with E-state index in [1.54, 1.807) is 7.11 Å². The number of halogens is 1. The van der Waals surface area contributed by atoms with E-state index in [0.717, 1.165) is 32.7 Å². The molecule has 0 bridgehead atoms. The van der Waals surface area contributed by atoms with Gasteiger partial charge in [0.2, 0.25) is 0 Å². The highest BCUT2D eigenvalue weighted by Gasteiger charge is 2.41. The van der Waals surface area contributed by atoms with Crippen molar-refractivity contribution in [3.8, 4) is 5.75 Å². The third-order valence-electron chi connectivity index (χ3n) is 4.83. The van der Waals surface area contributed by atoms with Gasteiger partial charge in [0.15, 0.2) is 0 Å². The van der Waals surface area contributed by atoms with Crippen LogP contribution >= 0.6 is 15.9 Å². The number of esters is 1. The summed E-state index contributed by atoms with van der Waals surface area (Å²) in [6, 6.07) is 13.8. The van der Waals surface area contributed by atoms with Crippen LogP contribution in [0, 0.1) is 0 Å². The predicted octanol–water partition coefficient (Wildman–Crippen LogP) is 3.21. The highest BCUT2D eigenvalue weighted by molar-refractivity contribution is 9.10. The molecule has 1 unspecified atom stereocenters. The maximum Gasteiger partial charge on any atom is 0.337 e. The van der Waals surface area contributed by atoms with E-state index in [0.29, 0.717) is 12.1 Å². The zero-order valence-electron chi connectivity index (χ0n) is 14.2. The third-order valence-corrected chi connectivity index (χ3v) is 5.32. The molecule has 2 heterocycles. The highest BCUT2D eigenvalue weighted by atomic mass is 79.9. The fourth-order valence-corrected chi connectivity index (χ4v) is 4.15. The number of ether oxygens (including phenoxy) is 2. The number of hydrogen-bond donors (Lipinski definition) is 1. The van der Waals surface area contributed by atoms with Gasteiger partial charge in [-0.15, -0.1) is 0 Å². The van der Waals surface area contributed by atoms with Gasteiger partial charge in [0.1, 0.15) is 12.4 Å². The Morgan fingerprint density at radius 2 is 2.15 bits per heavy atom. The van der Waals surface area contributed by atoms with Gasteiger partial charge in [-0.25, -0.2) is 4.79 Å². The summed E-state index contributed by atoms with van der Waals surface area (Å²) >= 11 is 3.52.